The Hall–Kier alpha value is -1.72. The lowest BCUT2D eigenvalue weighted by molar-refractivity contribution is -0.170. The van der Waals surface area contributed by atoms with Crippen molar-refractivity contribution in [2.45, 2.75) is 32.6 Å². The van der Waals surface area contributed by atoms with Gasteiger partial charge >= 0.3 is 23.9 Å². The van der Waals surface area contributed by atoms with Gasteiger partial charge in [-0.2, -0.15) is 0 Å². The van der Waals surface area contributed by atoms with Crippen LogP contribution in [-0.2, 0) is 28.7 Å². The van der Waals surface area contributed by atoms with E-state index in [1.165, 1.54) is 0 Å². The summed E-state index contributed by atoms with van der Waals surface area (Å²) >= 11 is 0. The van der Waals surface area contributed by atoms with Gasteiger partial charge in [-0.25, -0.2) is 0 Å². The second-order valence-corrected chi connectivity index (χ2v) is 4.37. The summed E-state index contributed by atoms with van der Waals surface area (Å²) in [6.07, 6.45) is 0.684. The first-order valence-electron chi connectivity index (χ1n) is 5.51. The minimum Gasteiger partial charge on any atom is -0.392 e. The molecule has 1 spiro atoms. The summed E-state index contributed by atoms with van der Waals surface area (Å²) in [7, 11) is 0. The molecule has 0 saturated carbocycles. The molecular weight excluding hydrogens is 228 g/mol. The van der Waals surface area contributed by atoms with Crippen LogP contribution in [0.4, 0.5) is 0 Å². The molecule has 2 atom stereocenters. The third-order valence-corrected chi connectivity index (χ3v) is 3.37. The third-order valence-electron chi connectivity index (χ3n) is 3.37. The smallest absolute Gasteiger partial charge is 0.331 e. The van der Waals surface area contributed by atoms with E-state index >= 15 is 0 Å². The van der Waals surface area contributed by atoms with E-state index < -0.39 is 35.2 Å². The molecule has 2 fully saturated rings. The maximum absolute atomic E-state index is 11.8. The average Bonchev–Trinajstić information content (AvgIpc) is 2.48. The van der Waals surface area contributed by atoms with Gasteiger partial charge in [-0.1, -0.05) is 6.92 Å². The minimum atomic E-state index is -1.59. The standard InChI is InChI=1S/C11H12O6/c1-2-6-3-4-11(10(15)17-8(6)13)5-7(12)16-9(11)14/h6H,2-5H2,1H3. The van der Waals surface area contributed by atoms with E-state index in [9.17, 15) is 19.2 Å². The Morgan fingerprint density at radius 2 is 1.82 bits per heavy atom. The molecule has 0 aliphatic carbocycles. The van der Waals surface area contributed by atoms with Gasteiger partial charge in [0.25, 0.3) is 0 Å². The fraction of sp³-hybridized carbons (Fsp3) is 0.636. The number of rotatable bonds is 1. The van der Waals surface area contributed by atoms with Gasteiger partial charge in [0.05, 0.1) is 12.3 Å². The van der Waals surface area contributed by atoms with Crippen LogP contribution in [0.5, 0.6) is 0 Å². The predicted octanol–water partition coefficient (Wildman–Crippen LogP) is 0.336. The molecule has 0 aromatic rings. The lowest BCUT2D eigenvalue weighted by Crippen LogP contribution is -2.36. The van der Waals surface area contributed by atoms with Crippen LogP contribution < -0.4 is 0 Å². The van der Waals surface area contributed by atoms with Crippen molar-refractivity contribution in [3.05, 3.63) is 0 Å². The van der Waals surface area contributed by atoms with Crippen molar-refractivity contribution in [2.24, 2.45) is 11.3 Å². The summed E-state index contributed by atoms with van der Waals surface area (Å²) in [6.45, 7) is 1.80. The number of hydrogen-bond acceptors (Lipinski definition) is 6. The Balaban J connectivity index is 2.31. The maximum Gasteiger partial charge on any atom is 0.331 e. The zero-order valence-corrected chi connectivity index (χ0v) is 9.36. The highest BCUT2D eigenvalue weighted by Crippen LogP contribution is 2.41. The molecule has 2 aliphatic rings. The van der Waals surface area contributed by atoms with E-state index in [4.69, 9.17) is 0 Å². The minimum absolute atomic E-state index is 0.126. The lowest BCUT2D eigenvalue weighted by Gasteiger charge is -2.16. The number of cyclic esters (lactones) is 4. The number of hydrogen-bond donors (Lipinski definition) is 0. The van der Waals surface area contributed by atoms with Gasteiger partial charge in [0.1, 0.15) is 0 Å². The van der Waals surface area contributed by atoms with Gasteiger partial charge in [0.15, 0.2) is 5.41 Å². The van der Waals surface area contributed by atoms with Gasteiger partial charge in [-0.05, 0) is 19.3 Å². The summed E-state index contributed by atoms with van der Waals surface area (Å²) < 4.78 is 9.03. The van der Waals surface area contributed by atoms with Crippen LogP contribution in [0.15, 0.2) is 0 Å². The summed E-state index contributed by atoms with van der Waals surface area (Å²) in [4.78, 5) is 45.9. The van der Waals surface area contributed by atoms with Crippen molar-refractivity contribution in [3.63, 3.8) is 0 Å². The molecule has 0 amide bonds. The Morgan fingerprint density at radius 1 is 1.18 bits per heavy atom. The van der Waals surface area contributed by atoms with Crippen molar-refractivity contribution in [2.75, 3.05) is 0 Å². The molecule has 0 aromatic heterocycles. The first-order valence-corrected chi connectivity index (χ1v) is 5.51. The molecule has 2 saturated heterocycles. The molecule has 2 rings (SSSR count). The SMILES string of the molecule is CCC1CCC2(CC(=O)OC2=O)C(=O)OC1=O. The molecule has 17 heavy (non-hydrogen) atoms. The molecule has 0 radical (unpaired) electrons. The highest BCUT2D eigenvalue weighted by atomic mass is 16.6. The van der Waals surface area contributed by atoms with Crippen LogP contribution >= 0.6 is 0 Å². The van der Waals surface area contributed by atoms with Crippen LogP contribution in [-0.4, -0.2) is 23.9 Å². The first-order chi connectivity index (χ1) is 7.99. The Bertz CT molecular complexity index is 412. The van der Waals surface area contributed by atoms with Crippen molar-refractivity contribution < 1.29 is 28.7 Å². The number of carbonyl (C=O) groups excluding carboxylic acids is 4. The van der Waals surface area contributed by atoms with E-state index in [-0.39, 0.29) is 12.8 Å². The van der Waals surface area contributed by atoms with E-state index in [0.717, 1.165) is 0 Å². The van der Waals surface area contributed by atoms with E-state index in [2.05, 4.69) is 9.47 Å². The van der Waals surface area contributed by atoms with Crippen LogP contribution in [0, 0.1) is 11.3 Å². The predicted molar refractivity (Wildman–Crippen MR) is 52.3 cm³/mol. The molecule has 2 heterocycles. The van der Waals surface area contributed by atoms with Crippen LogP contribution in [0.2, 0.25) is 0 Å². The van der Waals surface area contributed by atoms with Gasteiger partial charge in [-0.3, -0.25) is 19.2 Å². The first kappa shape index (κ1) is 11.8. The fourth-order valence-electron chi connectivity index (χ4n) is 2.19. The van der Waals surface area contributed by atoms with Gasteiger partial charge in [0, 0.05) is 0 Å². The lowest BCUT2D eigenvalue weighted by atomic mass is 9.80. The van der Waals surface area contributed by atoms with Crippen molar-refractivity contribution in [1.29, 1.82) is 0 Å². The summed E-state index contributed by atoms with van der Waals surface area (Å²) in [5.74, 6) is -3.61. The van der Waals surface area contributed by atoms with Crippen molar-refractivity contribution in [1.82, 2.24) is 0 Å². The number of ether oxygens (including phenoxy) is 2. The summed E-state index contributed by atoms with van der Waals surface area (Å²) in [5.41, 5.74) is -1.59. The highest BCUT2D eigenvalue weighted by Gasteiger charge is 2.58. The van der Waals surface area contributed by atoms with Gasteiger partial charge < -0.3 is 9.47 Å². The van der Waals surface area contributed by atoms with Crippen LogP contribution in [0.25, 0.3) is 0 Å². The van der Waals surface area contributed by atoms with Crippen LogP contribution in [0.3, 0.4) is 0 Å². The second kappa shape index (κ2) is 3.94. The molecule has 0 N–H and O–H groups in total. The Kier molecular flexibility index (Phi) is 2.73. The average molecular weight is 240 g/mol. The zero-order chi connectivity index (χ0) is 12.6. The molecule has 6 nitrogen and oxygen atoms in total. The van der Waals surface area contributed by atoms with Crippen molar-refractivity contribution in [3.8, 4) is 0 Å². The topological polar surface area (TPSA) is 86.7 Å². The fourth-order valence-corrected chi connectivity index (χ4v) is 2.19. The molecule has 92 valence electrons. The Labute approximate surface area is 97.3 Å². The number of carbonyl (C=O) groups is 4. The molecule has 2 aliphatic heterocycles. The molecular formula is C11H12O6. The summed E-state index contributed by atoms with van der Waals surface area (Å²) in [6, 6.07) is 0. The normalized spacial score (nSPS) is 33.6. The monoisotopic (exact) mass is 240 g/mol. The van der Waals surface area contributed by atoms with E-state index in [0.29, 0.717) is 12.8 Å². The van der Waals surface area contributed by atoms with E-state index in [1.807, 2.05) is 0 Å². The number of esters is 4. The van der Waals surface area contributed by atoms with Crippen molar-refractivity contribution >= 4 is 23.9 Å². The summed E-state index contributed by atoms with van der Waals surface area (Å²) in [5, 5.41) is 0. The van der Waals surface area contributed by atoms with Gasteiger partial charge in [-0.15, -0.1) is 0 Å². The van der Waals surface area contributed by atoms with E-state index in [1.54, 1.807) is 6.92 Å². The zero-order valence-electron chi connectivity index (χ0n) is 9.36. The second-order valence-electron chi connectivity index (χ2n) is 4.37. The largest absolute Gasteiger partial charge is 0.392 e. The Morgan fingerprint density at radius 3 is 2.35 bits per heavy atom. The molecule has 0 bridgehead atoms. The third kappa shape index (κ3) is 1.73. The maximum atomic E-state index is 11.8. The van der Waals surface area contributed by atoms with Gasteiger partial charge in [0.2, 0.25) is 0 Å². The molecule has 2 unspecified atom stereocenters. The molecule has 0 aromatic carbocycles. The quantitative estimate of drug-likeness (QED) is 0.485. The highest BCUT2D eigenvalue weighted by molar-refractivity contribution is 6.12. The molecule has 6 heteroatoms. The van der Waals surface area contributed by atoms with Crippen LogP contribution in [0.1, 0.15) is 32.6 Å².